The average molecular weight is 343 g/mol. The SMILES string of the molecule is COc1ncc(F)c2[nH]c(=O)c(N)c(-c3ccc(F)c4[nH]ncc34)c12. The standard InChI is InChI=1S/C16H11F2N5O2/c1-25-16-11-10(6-2-3-8(17)13-7(6)4-21-23-13)12(19)15(24)22-14(11)9(18)5-20-16/h2-5H,19H2,1H3,(H,21,23)(H,22,24). The summed E-state index contributed by atoms with van der Waals surface area (Å²) < 4.78 is 33.4. The number of fused-ring (bicyclic) bond motifs is 2. The molecule has 0 radical (unpaired) electrons. The quantitative estimate of drug-likeness (QED) is 0.517. The average Bonchev–Trinajstić information content (AvgIpc) is 3.09. The normalized spacial score (nSPS) is 11.3. The molecular weight excluding hydrogens is 332 g/mol. The first-order chi connectivity index (χ1) is 12.0. The van der Waals surface area contributed by atoms with Crippen molar-refractivity contribution in [2.75, 3.05) is 12.8 Å². The van der Waals surface area contributed by atoms with Crippen LogP contribution in [-0.2, 0) is 0 Å². The molecule has 3 aromatic heterocycles. The number of halogens is 2. The Balaban J connectivity index is 2.26. The van der Waals surface area contributed by atoms with Gasteiger partial charge in [0.05, 0.1) is 30.4 Å². The third kappa shape index (κ3) is 2.05. The Hall–Kier alpha value is -3.49. The van der Waals surface area contributed by atoms with E-state index in [2.05, 4.69) is 20.2 Å². The van der Waals surface area contributed by atoms with Crippen LogP contribution in [0.4, 0.5) is 14.5 Å². The van der Waals surface area contributed by atoms with Crippen molar-refractivity contribution in [1.82, 2.24) is 20.2 Å². The molecule has 3 heterocycles. The molecule has 9 heteroatoms. The molecular formula is C16H11F2N5O2. The minimum Gasteiger partial charge on any atom is -0.480 e. The van der Waals surface area contributed by atoms with Crippen LogP contribution in [0.3, 0.4) is 0 Å². The number of nitrogens with one attached hydrogen (secondary N) is 2. The molecule has 4 aromatic rings. The molecule has 0 saturated carbocycles. The molecule has 7 nitrogen and oxygen atoms in total. The highest BCUT2D eigenvalue weighted by molar-refractivity contribution is 6.09. The van der Waals surface area contributed by atoms with Crippen LogP contribution in [0.1, 0.15) is 0 Å². The van der Waals surface area contributed by atoms with Gasteiger partial charge >= 0.3 is 0 Å². The van der Waals surface area contributed by atoms with Gasteiger partial charge in [0.25, 0.3) is 5.56 Å². The van der Waals surface area contributed by atoms with E-state index >= 15 is 0 Å². The highest BCUT2D eigenvalue weighted by Gasteiger charge is 2.22. The van der Waals surface area contributed by atoms with Crippen molar-refractivity contribution in [2.24, 2.45) is 0 Å². The molecule has 4 N–H and O–H groups in total. The number of hydrogen-bond donors (Lipinski definition) is 3. The Kier molecular flexibility index (Phi) is 3.17. The summed E-state index contributed by atoms with van der Waals surface area (Å²) in [6.45, 7) is 0. The van der Waals surface area contributed by atoms with Crippen LogP contribution >= 0.6 is 0 Å². The first-order valence-electron chi connectivity index (χ1n) is 7.18. The largest absolute Gasteiger partial charge is 0.480 e. The number of methoxy groups -OCH3 is 1. The lowest BCUT2D eigenvalue weighted by Gasteiger charge is -2.13. The summed E-state index contributed by atoms with van der Waals surface area (Å²) in [4.78, 5) is 18.5. The molecule has 0 amide bonds. The summed E-state index contributed by atoms with van der Waals surface area (Å²) in [5.41, 5.74) is 5.81. The minimum atomic E-state index is -0.736. The van der Waals surface area contributed by atoms with Crippen molar-refractivity contribution >= 4 is 27.5 Å². The van der Waals surface area contributed by atoms with Crippen LogP contribution in [0, 0.1) is 11.6 Å². The zero-order valence-corrected chi connectivity index (χ0v) is 12.9. The first kappa shape index (κ1) is 15.1. The van der Waals surface area contributed by atoms with Crippen molar-refractivity contribution in [2.45, 2.75) is 0 Å². The molecule has 126 valence electrons. The molecule has 4 rings (SSSR count). The Morgan fingerprint density at radius 1 is 1.16 bits per heavy atom. The lowest BCUT2D eigenvalue weighted by atomic mass is 9.97. The topological polar surface area (TPSA) is 110 Å². The van der Waals surface area contributed by atoms with Gasteiger partial charge in [-0.25, -0.2) is 13.8 Å². The van der Waals surface area contributed by atoms with E-state index in [4.69, 9.17) is 10.5 Å². The molecule has 0 aliphatic heterocycles. The van der Waals surface area contributed by atoms with Crippen molar-refractivity contribution in [3.63, 3.8) is 0 Å². The number of pyridine rings is 2. The molecule has 0 unspecified atom stereocenters. The maximum Gasteiger partial charge on any atom is 0.272 e. The second kappa shape index (κ2) is 5.26. The second-order valence-corrected chi connectivity index (χ2v) is 5.36. The summed E-state index contributed by atoms with van der Waals surface area (Å²) in [7, 11) is 1.36. The number of nitrogen functional groups attached to an aromatic ring is 1. The number of benzene rings is 1. The monoisotopic (exact) mass is 343 g/mol. The van der Waals surface area contributed by atoms with E-state index in [1.807, 2.05) is 0 Å². The summed E-state index contributed by atoms with van der Waals surface area (Å²) in [5, 5.41) is 6.96. The van der Waals surface area contributed by atoms with Gasteiger partial charge in [0, 0.05) is 10.9 Å². The lowest BCUT2D eigenvalue weighted by Crippen LogP contribution is -2.15. The van der Waals surface area contributed by atoms with Crippen LogP contribution in [0.5, 0.6) is 5.88 Å². The second-order valence-electron chi connectivity index (χ2n) is 5.36. The van der Waals surface area contributed by atoms with Gasteiger partial charge in [-0.3, -0.25) is 9.89 Å². The van der Waals surface area contributed by atoms with Crippen LogP contribution < -0.4 is 16.0 Å². The summed E-state index contributed by atoms with van der Waals surface area (Å²) in [6, 6.07) is 2.66. The predicted molar refractivity (Wildman–Crippen MR) is 88.3 cm³/mol. The molecule has 1 aromatic carbocycles. The Bertz CT molecular complexity index is 1200. The molecule has 25 heavy (non-hydrogen) atoms. The molecule has 0 saturated heterocycles. The minimum absolute atomic E-state index is 0.0790. The number of hydrogen-bond acceptors (Lipinski definition) is 5. The van der Waals surface area contributed by atoms with Crippen molar-refractivity contribution < 1.29 is 13.5 Å². The van der Waals surface area contributed by atoms with Gasteiger partial charge in [-0.05, 0) is 11.6 Å². The number of aromatic amines is 2. The van der Waals surface area contributed by atoms with Gasteiger partial charge in [0.1, 0.15) is 17.0 Å². The van der Waals surface area contributed by atoms with Crippen molar-refractivity contribution in [1.29, 1.82) is 0 Å². The van der Waals surface area contributed by atoms with E-state index in [9.17, 15) is 13.6 Å². The van der Waals surface area contributed by atoms with Crippen molar-refractivity contribution in [3.8, 4) is 17.0 Å². The Labute approximate surface area is 138 Å². The van der Waals surface area contributed by atoms with E-state index in [-0.39, 0.29) is 33.6 Å². The van der Waals surface area contributed by atoms with E-state index in [0.717, 1.165) is 6.20 Å². The van der Waals surface area contributed by atoms with Crippen LogP contribution in [0.25, 0.3) is 32.9 Å². The van der Waals surface area contributed by atoms with Gasteiger partial charge in [0.2, 0.25) is 5.88 Å². The summed E-state index contributed by atoms with van der Waals surface area (Å²) in [5.74, 6) is -1.17. The van der Waals surface area contributed by atoms with E-state index < -0.39 is 17.2 Å². The van der Waals surface area contributed by atoms with Gasteiger partial charge < -0.3 is 15.5 Å². The third-order valence-corrected chi connectivity index (χ3v) is 4.03. The van der Waals surface area contributed by atoms with Crippen LogP contribution in [-0.4, -0.2) is 27.3 Å². The third-order valence-electron chi connectivity index (χ3n) is 4.03. The highest BCUT2D eigenvalue weighted by atomic mass is 19.1. The maximum atomic E-state index is 14.2. The fourth-order valence-corrected chi connectivity index (χ4v) is 2.91. The number of H-pyrrole nitrogens is 2. The number of nitrogens with zero attached hydrogens (tertiary/aromatic N) is 2. The number of rotatable bonds is 2. The van der Waals surface area contributed by atoms with Gasteiger partial charge in [-0.2, -0.15) is 5.10 Å². The molecule has 0 atom stereocenters. The molecule has 0 bridgehead atoms. The zero-order chi connectivity index (χ0) is 17.7. The van der Waals surface area contributed by atoms with Gasteiger partial charge in [-0.15, -0.1) is 0 Å². The number of aromatic nitrogens is 4. The fourth-order valence-electron chi connectivity index (χ4n) is 2.91. The van der Waals surface area contributed by atoms with Gasteiger partial charge in [0.15, 0.2) is 5.82 Å². The smallest absolute Gasteiger partial charge is 0.272 e. The molecule has 0 aliphatic rings. The highest BCUT2D eigenvalue weighted by Crippen LogP contribution is 2.39. The van der Waals surface area contributed by atoms with Crippen LogP contribution in [0.15, 0.2) is 29.3 Å². The lowest BCUT2D eigenvalue weighted by molar-refractivity contribution is 0.402. The van der Waals surface area contributed by atoms with Crippen LogP contribution in [0.2, 0.25) is 0 Å². The van der Waals surface area contributed by atoms with E-state index in [1.165, 1.54) is 25.4 Å². The summed E-state index contributed by atoms with van der Waals surface area (Å²) >= 11 is 0. The molecule has 0 fully saturated rings. The molecule has 0 aliphatic carbocycles. The predicted octanol–water partition coefficient (Wildman–Crippen LogP) is 2.34. The Morgan fingerprint density at radius 3 is 2.72 bits per heavy atom. The van der Waals surface area contributed by atoms with Gasteiger partial charge in [-0.1, -0.05) is 6.07 Å². The zero-order valence-electron chi connectivity index (χ0n) is 12.9. The number of ether oxygens (including phenoxy) is 1. The summed E-state index contributed by atoms with van der Waals surface area (Å²) in [6.07, 6.45) is 2.34. The van der Waals surface area contributed by atoms with Crippen molar-refractivity contribution in [3.05, 3.63) is 46.5 Å². The first-order valence-corrected chi connectivity index (χ1v) is 7.18. The fraction of sp³-hybridized carbons (Fsp3) is 0.0625. The van der Waals surface area contributed by atoms with E-state index in [0.29, 0.717) is 10.9 Å². The number of nitrogens with two attached hydrogens (primary N) is 1. The number of anilines is 1. The Morgan fingerprint density at radius 2 is 1.96 bits per heavy atom. The molecule has 0 spiro atoms. The maximum absolute atomic E-state index is 14.2. The van der Waals surface area contributed by atoms with E-state index in [1.54, 1.807) is 0 Å².